The van der Waals surface area contributed by atoms with E-state index in [1.54, 1.807) is 4.90 Å². The summed E-state index contributed by atoms with van der Waals surface area (Å²) >= 11 is 0. The summed E-state index contributed by atoms with van der Waals surface area (Å²) in [6.07, 6.45) is 0.868. The fourth-order valence-electron chi connectivity index (χ4n) is 2.61. The zero-order valence-electron chi connectivity index (χ0n) is 11.3. The van der Waals surface area contributed by atoms with Crippen LogP contribution in [0.25, 0.3) is 0 Å². The van der Waals surface area contributed by atoms with Crippen LogP contribution in [0.3, 0.4) is 0 Å². The molecule has 2 unspecified atom stereocenters. The second-order valence-corrected chi connectivity index (χ2v) is 5.14. The molecule has 0 spiro atoms. The second-order valence-electron chi connectivity index (χ2n) is 5.14. The van der Waals surface area contributed by atoms with Crippen LogP contribution in [0.2, 0.25) is 0 Å². The van der Waals surface area contributed by atoms with Crippen molar-refractivity contribution in [2.45, 2.75) is 39.3 Å². The molecule has 4 nitrogen and oxygen atoms in total. The van der Waals surface area contributed by atoms with Gasteiger partial charge in [-0.3, -0.25) is 9.59 Å². The van der Waals surface area contributed by atoms with Crippen molar-refractivity contribution in [3.05, 3.63) is 35.4 Å². The summed E-state index contributed by atoms with van der Waals surface area (Å²) in [5, 5.41) is 9.05. The minimum Gasteiger partial charge on any atom is -0.481 e. The van der Waals surface area contributed by atoms with E-state index < -0.39 is 5.97 Å². The highest BCUT2D eigenvalue weighted by molar-refractivity contribution is 5.98. The molecule has 0 aromatic heterocycles. The molecule has 2 rings (SSSR count). The second kappa shape index (κ2) is 5.43. The number of carboxylic acids is 1. The van der Waals surface area contributed by atoms with Gasteiger partial charge < -0.3 is 10.0 Å². The lowest BCUT2D eigenvalue weighted by Gasteiger charge is -2.31. The molecule has 1 aromatic rings. The molecule has 0 saturated carbocycles. The first-order chi connectivity index (χ1) is 9.04. The summed E-state index contributed by atoms with van der Waals surface area (Å²) in [4.78, 5) is 25.1. The van der Waals surface area contributed by atoms with Gasteiger partial charge in [0.15, 0.2) is 0 Å². The van der Waals surface area contributed by atoms with Crippen molar-refractivity contribution < 1.29 is 14.7 Å². The number of carbonyl (C=O) groups excluding carboxylic acids is 1. The Kier molecular flexibility index (Phi) is 3.88. The van der Waals surface area contributed by atoms with Crippen LogP contribution in [0.4, 0.5) is 0 Å². The zero-order chi connectivity index (χ0) is 14.0. The van der Waals surface area contributed by atoms with Gasteiger partial charge in [0.1, 0.15) is 0 Å². The predicted octanol–water partition coefficient (Wildman–Crippen LogP) is 2.53. The first-order valence-electron chi connectivity index (χ1n) is 6.65. The van der Waals surface area contributed by atoms with Gasteiger partial charge in [0.25, 0.3) is 5.91 Å². The van der Waals surface area contributed by atoms with Crippen LogP contribution in [0, 0.1) is 5.92 Å². The van der Waals surface area contributed by atoms with Crippen molar-refractivity contribution in [1.29, 1.82) is 0 Å². The van der Waals surface area contributed by atoms with Crippen LogP contribution in [-0.2, 0) is 11.3 Å². The minimum absolute atomic E-state index is 0.00867. The molecule has 1 aliphatic rings. The molecule has 1 aromatic carbocycles. The van der Waals surface area contributed by atoms with Crippen molar-refractivity contribution in [3.63, 3.8) is 0 Å². The maximum atomic E-state index is 12.4. The molecule has 1 aliphatic heterocycles. The Morgan fingerprint density at radius 3 is 2.68 bits per heavy atom. The first-order valence-corrected chi connectivity index (χ1v) is 6.65. The molecule has 1 N–H and O–H groups in total. The molecule has 1 heterocycles. The van der Waals surface area contributed by atoms with E-state index in [4.69, 9.17) is 5.11 Å². The van der Waals surface area contributed by atoms with Crippen LogP contribution in [0.5, 0.6) is 0 Å². The van der Waals surface area contributed by atoms with E-state index in [2.05, 4.69) is 0 Å². The van der Waals surface area contributed by atoms with E-state index in [0.717, 1.165) is 12.0 Å². The molecule has 2 atom stereocenters. The Hall–Kier alpha value is -1.84. The average molecular weight is 261 g/mol. The van der Waals surface area contributed by atoms with Gasteiger partial charge in [-0.15, -0.1) is 0 Å². The lowest BCUT2D eigenvalue weighted by Crippen LogP contribution is -2.41. The molecule has 0 saturated heterocycles. The third-order valence-corrected chi connectivity index (χ3v) is 3.93. The van der Waals surface area contributed by atoms with E-state index >= 15 is 0 Å². The third-order valence-electron chi connectivity index (χ3n) is 3.93. The molecular weight excluding hydrogens is 242 g/mol. The van der Waals surface area contributed by atoms with E-state index in [0.29, 0.717) is 12.1 Å². The third kappa shape index (κ3) is 2.62. The van der Waals surface area contributed by atoms with Crippen LogP contribution in [0.15, 0.2) is 24.3 Å². The normalized spacial score (nSPS) is 17.2. The van der Waals surface area contributed by atoms with Crippen molar-refractivity contribution in [2.24, 2.45) is 5.92 Å². The summed E-state index contributed by atoms with van der Waals surface area (Å²) in [7, 11) is 0. The Balaban J connectivity index is 2.25. The SMILES string of the molecule is CCC(C)C(CC(=O)O)N1Cc2ccccc2C1=O. The summed E-state index contributed by atoms with van der Waals surface area (Å²) in [6, 6.07) is 7.26. The number of carboxylic acid groups (broad SMARTS) is 1. The van der Waals surface area contributed by atoms with Crippen LogP contribution in [-0.4, -0.2) is 27.9 Å². The molecule has 19 heavy (non-hydrogen) atoms. The van der Waals surface area contributed by atoms with E-state index in [-0.39, 0.29) is 24.3 Å². The summed E-state index contributed by atoms with van der Waals surface area (Å²) in [5.41, 5.74) is 1.70. The first kappa shape index (κ1) is 13.6. The maximum absolute atomic E-state index is 12.4. The number of amides is 1. The number of aliphatic carboxylic acids is 1. The van der Waals surface area contributed by atoms with Gasteiger partial charge in [-0.1, -0.05) is 38.5 Å². The van der Waals surface area contributed by atoms with Crippen molar-refractivity contribution >= 4 is 11.9 Å². The molecule has 0 bridgehead atoms. The van der Waals surface area contributed by atoms with Gasteiger partial charge in [-0.25, -0.2) is 0 Å². The standard InChI is InChI=1S/C15H19NO3/c1-3-10(2)13(8-14(17)18)16-9-11-6-4-5-7-12(11)15(16)19/h4-7,10,13H,3,8-9H2,1-2H3,(H,17,18). The number of rotatable bonds is 5. The number of hydrogen-bond acceptors (Lipinski definition) is 2. The highest BCUT2D eigenvalue weighted by Crippen LogP contribution is 2.29. The minimum atomic E-state index is -0.853. The largest absolute Gasteiger partial charge is 0.481 e. The molecular formula is C15H19NO3. The maximum Gasteiger partial charge on any atom is 0.305 e. The smallest absolute Gasteiger partial charge is 0.305 e. The summed E-state index contributed by atoms with van der Waals surface area (Å²) in [5.74, 6) is -0.717. The monoisotopic (exact) mass is 261 g/mol. The molecule has 0 fully saturated rings. The molecule has 1 amide bonds. The number of benzene rings is 1. The van der Waals surface area contributed by atoms with Gasteiger partial charge in [-0.2, -0.15) is 0 Å². The van der Waals surface area contributed by atoms with E-state index in [9.17, 15) is 9.59 Å². The molecule has 102 valence electrons. The van der Waals surface area contributed by atoms with E-state index in [1.807, 2.05) is 38.1 Å². The Bertz CT molecular complexity index is 498. The number of fused-ring (bicyclic) bond motifs is 1. The fourth-order valence-corrected chi connectivity index (χ4v) is 2.61. The quantitative estimate of drug-likeness (QED) is 0.886. The van der Waals surface area contributed by atoms with Crippen molar-refractivity contribution in [1.82, 2.24) is 4.90 Å². The summed E-state index contributed by atoms with van der Waals surface area (Å²) in [6.45, 7) is 4.55. The highest BCUT2D eigenvalue weighted by atomic mass is 16.4. The number of nitrogens with zero attached hydrogens (tertiary/aromatic N) is 1. The van der Waals surface area contributed by atoms with Crippen LogP contribution >= 0.6 is 0 Å². The van der Waals surface area contributed by atoms with Gasteiger partial charge in [0, 0.05) is 18.2 Å². The van der Waals surface area contributed by atoms with Gasteiger partial charge in [0.05, 0.1) is 6.42 Å². The van der Waals surface area contributed by atoms with Crippen LogP contribution in [0.1, 0.15) is 42.6 Å². The number of carbonyl (C=O) groups is 2. The molecule has 0 aliphatic carbocycles. The number of hydrogen-bond donors (Lipinski definition) is 1. The van der Waals surface area contributed by atoms with Crippen molar-refractivity contribution in [3.8, 4) is 0 Å². The lowest BCUT2D eigenvalue weighted by atomic mass is 9.95. The Morgan fingerprint density at radius 1 is 1.42 bits per heavy atom. The highest BCUT2D eigenvalue weighted by Gasteiger charge is 2.35. The predicted molar refractivity (Wildman–Crippen MR) is 71.8 cm³/mol. The Labute approximate surface area is 113 Å². The zero-order valence-corrected chi connectivity index (χ0v) is 11.3. The van der Waals surface area contributed by atoms with Crippen LogP contribution < -0.4 is 0 Å². The van der Waals surface area contributed by atoms with Crippen molar-refractivity contribution in [2.75, 3.05) is 0 Å². The fraction of sp³-hybridized carbons (Fsp3) is 0.467. The van der Waals surface area contributed by atoms with Gasteiger partial charge in [0.2, 0.25) is 0 Å². The Morgan fingerprint density at radius 2 is 2.11 bits per heavy atom. The molecule has 4 heteroatoms. The lowest BCUT2D eigenvalue weighted by molar-refractivity contribution is -0.138. The van der Waals surface area contributed by atoms with Gasteiger partial charge in [-0.05, 0) is 17.5 Å². The molecule has 0 radical (unpaired) electrons. The van der Waals surface area contributed by atoms with E-state index in [1.165, 1.54) is 0 Å². The average Bonchev–Trinajstić information content (AvgIpc) is 2.73. The summed E-state index contributed by atoms with van der Waals surface area (Å²) < 4.78 is 0. The topological polar surface area (TPSA) is 57.6 Å². The van der Waals surface area contributed by atoms with Gasteiger partial charge >= 0.3 is 5.97 Å².